The van der Waals surface area contributed by atoms with E-state index in [1.807, 2.05) is 0 Å². The van der Waals surface area contributed by atoms with Crippen molar-refractivity contribution in [3.63, 3.8) is 0 Å². The molecule has 0 amide bonds. The lowest BCUT2D eigenvalue weighted by atomic mass is 10.0. The van der Waals surface area contributed by atoms with Gasteiger partial charge in [0, 0.05) is 36.0 Å². The van der Waals surface area contributed by atoms with Crippen molar-refractivity contribution in [2.24, 2.45) is 11.8 Å². The van der Waals surface area contributed by atoms with Gasteiger partial charge in [0.15, 0.2) is 0 Å². The molecule has 2 aliphatic rings. The Morgan fingerprint density at radius 3 is 2.22 bits per heavy atom. The Bertz CT molecular complexity index is 103. The SMILES string of the molecule is IN1CC2CCC(C2)C1. The summed E-state index contributed by atoms with van der Waals surface area (Å²) in [5, 5.41) is 0. The van der Waals surface area contributed by atoms with Crippen molar-refractivity contribution in [2.75, 3.05) is 13.1 Å². The number of hydrogen-bond donors (Lipinski definition) is 0. The van der Waals surface area contributed by atoms with Crippen LogP contribution >= 0.6 is 22.9 Å². The number of nitrogens with zero attached hydrogens (tertiary/aromatic N) is 1. The molecule has 2 bridgehead atoms. The highest BCUT2D eigenvalue weighted by Crippen LogP contribution is 2.37. The van der Waals surface area contributed by atoms with Gasteiger partial charge in [0.05, 0.1) is 0 Å². The van der Waals surface area contributed by atoms with Crippen LogP contribution in [-0.2, 0) is 0 Å². The molecule has 0 aromatic heterocycles. The third kappa shape index (κ3) is 1.24. The first-order valence-electron chi connectivity index (χ1n) is 3.75. The summed E-state index contributed by atoms with van der Waals surface area (Å²) >= 11 is 2.46. The van der Waals surface area contributed by atoms with E-state index in [0.717, 1.165) is 11.8 Å². The minimum Gasteiger partial charge on any atom is -0.247 e. The smallest absolute Gasteiger partial charge is 0.0201 e. The topological polar surface area (TPSA) is 3.24 Å². The summed E-state index contributed by atoms with van der Waals surface area (Å²) in [6, 6.07) is 0. The van der Waals surface area contributed by atoms with E-state index >= 15 is 0 Å². The minimum atomic E-state index is 1.06. The summed E-state index contributed by atoms with van der Waals surface area (Å²) in [6.45, 7) is 2.72. The second-order valence-electron chi connectivity index (χ2n) is 3.37. The van der Waals surface area contributed by atoms with E-state index in [4.69, 9.17) is 0 Å². The Hall–Kier alpha value is 0.690. The molecular weight excluding hydrogens is 225 g/mol. The predicted molar refractivity (Wildman–Crippen MR) is 46.4 cm³/mol. The number of hydrogen-bond acceptors (Lipinski definition) is 1. The Morgan fingerprint density at radius 1 is 1.11 bits per heavy atom. The van der Waals surface area contributed by atoms with E-state index in [0.29, 0.717) is 0 Å². The zero-order chi connectivity index (χ0) is 6.27. The van der Waals surface area contributed by atoms with Crippen LogP contribution in [0.3, 0.4) is 0 Å². The van der Waals surface area contributed by atoms with E-state index in [2.05, 4.69) is 26.0 Å². The van der Waals surface area contributed by atoms with Crippen LogP contribution in [0.25, 0.3) is 0 Å². The van der Waals surface area contributed by atoms with E-state index in [1.54, 1.807) is 0 Å². The summed E-state index contributed by atoms with van der Waals surface area (Å²) in [4.78, 5) is 0. The molecule has 2 rings (SSSR count). The molecule has 0 aromatic rings. The number of fused-ring (bicyclic) bond motifs is 2. The van der Waals surface area contributed by atoms with Gasteiger partial charge in [-0.2, -0.15) is 0 Å². The molecule has 1 heterocycles. The van der Waals surface area contributed by atoms with Crippen LogP contribution in [0.5, 0.6) is 0 Å². The highest BCUT2D eigenvalue weighted by Gasteiger charge is 2.31. The molecule has 2 heteroatoms. The van der Waals surface area contributed by atoms with Gasteiger partial charge in [-0.15, -0.1) is 0 Å². The maximum Gasteiger partial charge on any atom is 0.0201 e. The fraction of sp³-hybridized carbons (Fsp3) is 1.00. The first-order chi connectivity index (χ1) is 4.34. The fourth-order valence-electron chi connectivity index (χ4n) is 2.15. The van der Waals surface area contributed by atoms with Gasteiger partial charge in [0.25, 0.3) is 0 Å². The third-order valence-corrected chi connectivity index (χ3v) is 3.35. The molecule has 1 aliphatic heterocycles. The van der Waals surface area contributed by atoms with Gasteiger partial charge < -0.3 is 0 Å². The molecule has 52 valence electrons. The number of halogens is 1. The lowest BCUT2D eigenvalue weighted by Crippen LogP contribution is -2.28. The van der Waals surface area contributed by atoms with Gasteiger partial charge in [-0.25, -0.2) is 3.11 Å². The number of piperidine rings is 1. The van der Waals surface area contributed by atoms with Crippen LogP contribution in [0.15, 0.2) is 0 Å². The molecule has 1 saturated carbocycles. The molecule has 0 spiro atoms. The van der Waals surface area contributed by atoms with Crippen molar-refractivity contribution in [1.82, 2.24) is 3.11 Å². The maximum absolute atomic E-state index is 2.46. The molecule has 0 N–H and O–H groups in total. The van der Waals surface area contributed by atoms with E-state index in [-0.39, 0.29) is 0 Å². The van der Waals surface area contributed by atoms with Crippen LogP contribution in [0, 0.1) is 11.8 Å². The van der Waals surface area contributed by atoms with Gasteiger partial charge in [0.1, 0.15) is 0 Å². The van der Waals surface area contributed by atoms with Crippen LogP contribution < -0.4 is 0 Å². The maximum atomic E-state index is 2.46. The van der Waals surface area contributed by atoms with Crippen LogP contribution in [0.1, 0.15) is 19.3 Å². The Morgan fingerprint density at radius 2 is 1.67 bits per heavy atom. The average Bonchev–Trinajstić information content (AvgIpc) is 2.11. The standard InChI is InChI=1S/C7H12IN/c8-9-4-6-1-2-7(3-6)5-9/h6-7H,1-5H2. The molecule has 0 radical (unpaired) electrons. The lowest BCUT2D eigenvalue weighted by Gasteiger charge is -2.25. The van der Waals surface area contributed by atoms with Crippen molar-refractivity contribution >= 4 is 22.9 Å². The second-order valence-corrected chi connectivity index (χ2v) is 4.74. The summed E-state index contributed by atoms with van der Waals surface area (Å²) in [7, 11) is 0. The zero-order valence-corrected chi connectivity index (χ0v) is 7.67. The van der Waals surface area contributed by atoms with Crippen molar-refractivity contribution in [2.45, 2.75) is 19.3 Å². The first kappa shape index (κ1) is 6.40. The third-order valence-electron chi connectivity index (χ3n) is 2.56. The summed E-state index contributed by atoms with van der Waals surface area (Å²) in [6.07, 6.45) is 4.54. The normalized spacial score (nSPS) is 43.7. The van der Waals surface area contributed by atoms with Gasteiger partial charge >= 0.3 is 0 Å². The number of rotatable bonds is 0. The van der Waals surface area contributed by atoms with Crippen LogP contribution in [0.4, 0.5) is 0 Å². The molecule has 1 nitrogen and oxygen atoms in total. The Balaban J connectivity index is 2.03. The zero-order valence-electron chi connectivity index (χ0n) is 5.52. The van der Waals surface area contributed by atoms with Crippen molar-refractivity contribution < 1.29 is 0 Å². The molecule has 1 saturated heterocycles. The Labute approximate surface area is 70.3 Å². The van der Waals surface area contributed by atoms with E-state index in [1.165, 1.54) is 32.4 Å². The van der Waals surface area contributed by atoms with Gasteiger partial charge in [-0.1, -0.05) is 0 Å². The molecule has 9 heavy (non-hydrogen) atoms. The molecule has 0 aromatic carbocycles. The molecular formula is C7H12IN. The van der Waals surface area contributed by atoms with E-state index < -0.39 is 0 Å². The molecule has 2 fully saturated rings. The minimum absolute atomic E-state index is 1.06. The lowest BCUT2D eigenvalue weighted by molar-refractivity contribution is 0.299. The van der Waals surface area contributed by atoms with Crippen molar-refractivity contribution in [3.05, 3.63) is 0 Å². The Kier molecular flexibility index (Phi) is 1.69. The first-order valence-corrected chi connectivity index (χ1v) is 4.72. The quantitative estimate of drug-likeness (QED) is 0.460. The van der Waals surface area contributed by atoms with Crippen LogP contribution in [-0.4, -0.2) is 16.2 Å². The highest BCUT2D eigenvalue weighted by molar-refractivity contribution is 14.1. The molecule has 2 atom stereocenters. The fourth-order valence-corrected chi connectivity index (χ4v) is 3.26. The average molecular weight is 237 g/mol. The molecule has 2 unspecified atom stereocenters. The summed E-state index contributed by atoms with van der Waals surface area (Å²) in [5.74, 6) is 2.11. The van der Waals surface area contributed by atoms with Gasteiger partial charge in [0.2, 0.25) is 0 Å². The summed E-state index contributed by atoms with van der Waals surface area (Å²) < 4.78 is 2.46. The van der Waals surface area contributed by atoms with Crippen molar-refractivity contribution in [3.8, 4) is 0 Å². The van der Waals surface area contributed by atoms with E-state index in [9.17, 15) is 0 Å². The van der Waals surface area contributed by atoms with Gasteiger partial charge in [-0.3, -0.25) is 0 Å². The summed E-state index contributed by atoms with van der Waals surface area (Å²) in [5.41, 5.74) is 0. The van der Waals surface area contributed by atoms with Crippen LogP contribution in [0.2, 0.25) is 0 Å². The van der Waals surface area contributed by atoms with Gasteiger partial charge in [-0.05, 0) is 31.1 Å². The van der Waals surface area contributed by atoms with Crippen molar-refractivity contribution in [1.29, 1.82) is 0 Å². The second kappa shape index (κ2) is 2.38. The predicted octanol–water partition coefficient (Wildman–Crippen LogP) is 2.07. The molecule has 1 aliphatic carbocycles. The largest absolute Gasteiger partial charge is 0.247 e. The highest BCUT2D eigenvalue weighted by atomic mass is 127. The monoisotopic (exact) mass is 237 g/mol.